The number of fused-ring (bicyclic) bond motifs is 1. The number of nitrogens with one attached hydrogen (secondary N) is 1. The third-order valence-electron chi connectivity index (χ3n) is 5.96. The van der Waals surface area contributed by atoms with Gasteiger partial charge in [0.05, 0.1) is 10.9 Å². The summed E-state index contributed by atoms with van der Waals surface area (Å²) in [5, 5.41) is 3.72. The van der Waals surface area contributed by atoms with Gasteiger partial charge in [0.1, 0.15) is 0 Å². The average molecular weight is 433 g/mol. The molecule has 0 bridgehead atoms. The fourth-order valence-corrected chi connectivity index (χ4v) is 5.90. The van der Waals surface area contributed by atoms with E-state index in [4.69, 9.17) is 11.6 Å². The summed E-state index contributed by atoms with van der Waals surface area (Å²) in [6.07, 6.45) is 4.15. The van der Waals surface area contributed by atoms with Crippen LogP contribution in [0.5, 0.6) is 0 Å². The van der Waals surface area contributed by atoms with Gasteiger partial charge in [-0.1, -0.05) is 35.9 Å². The number of amides is 1. The van der Waals surface area contributed by atoms with Crippen LogP contribution in [0, 0.1) is 5.92 Å². The Labute approximate surface area is 177 Å². The molecule has 2 aromatic carbocycles. The van der Waals surface area contributed by atoms with Crippen molar-refractivity contribution >= 4 is 27.5 Å². The largest absolute Gasteiger partial charge is 0.349 e. The molecule has 1 aliphatic carbocycles. The Morgan fingerprint density at radius 1 is 1.00 bits per heavy atom. The first-order valence-corrected chi connectivity index (χ1v) is 11.9. The van der Waals surface area contributed by atoms with Crippen molar-refractivity contribution < 1.29 is 13.2 Å². The number of halogens is 1. The van der Waals surface area contributed by atoms with Gasteiger partial charge in [-0.15, -0.1) is 0 Å². The molecular weight excluding hydrogens is 408 g/mol. The molecule has 0 spiro atoms. The van der Waals surface area contributed by atoms with Gasteiger partial charge in [0.25, 0.3) is 0 Å². The van der Waals surface area contributed by atoms with E-state index in [0.29, 0.717) is 31.0 Å². The van der Waals surface area contributed by atoms with Crippen LogP contribution in [0.3, 0.4) is 0 Å². The van der Waals surface area contributed by atoms with Crippen molar-refractivity contribution in [2.24, 2.45) is 5.92 Å². The van der Waals surface area contributed by atoms with Crippen molar-refractivity contribution in [3.05, 3.63) is 64.7 Å². The molecule has 2 aliphatic rings. The Bertz CT molecular complexity index is 983. The van der Waals surface area contributed by atoms with Gasteiger partial charge in [-0.2, -0.15) is 4.31 Å². The summed E-state index contributed by atoms with van der Waals surface area (Å²) in [5.41, 5.74) is 2.53. The molecule has 0 aromatic heterocycles. The second-order valence-electron chi connectivity index (χ2n) is 7.78. The molecule has 29 heavy (non-hydrogen) atoms. The minimum absolute atomic E-state index is 0.0373. The molecule has 154 valence electrons. The number of piperidine rings is 1. The predicted octanol–water partition coefficient (Wildman–Crippen LogP) is 3.93. The Kier molecular flexibility index (Phi) is 5.95. The molecule has 1 N–H and O–H groups in total. The lowest BCUT2D eigenvalue weighted by molar-refractivity contribution is -0.127. The maximum absolute atomic E-state index is 12.8. The van der Waals surface area contributed by atoms with Crippen molar-refractivity contribution in [2.45, 2.75) is 43.0 Å². The molecule has 0 saturated carbocycles. The van der Waals surface area contributed by atoms with Crippen LogP contribution in [0.2, 0.25) is 5.02 Å². The van der Waals surface area contributed by atoms with E-state index in [0.717, 1.165) is 19.3 Å². The highest BCUT2D eigenvalue weighted by Gasteiger charge is 2.33. The molecule has 1 saturated heterocycles. The van der Waals surface area contributed by atoms with Crippen LogP contribution < -0.4 is 5.32 Å². The Balaban J connectivity index is 1.37. The Morgan fingerprint density at radius 2 is 1.69 bits per heavy atom. The second-order valence-corrected chi connectivity index (χ2v) is 10.2. The SMILES string of the molecule is O=C(NC1CCCc2ccccc21)C1CCN(S(=O)(=O)c2ccc(Cl)cc2)CC1. The summed E-state index contributed by atoms with van der Waals surface area (Å²) in [4.78, 5) is 13.1. The van der Waals surface area contributed by atoms with Gasteiger partial charge in [-0.25, -0.2) is 8.42 Å². The number of nitrogens with zero attached hydrogens (tertiary/aromatic N) is 1. The maximum atomic E-state index is 12.8. The second kappa shape index (κ2) is 8.46. The number of carbonyl (C=O) groups excluding carboxylic acids is 1. The van der Waals surface area contributed by atoms with Gasteiger partial charge in [0.2, 0.25) is 15.9 Å². The molecule has 1 fully saturated rings. The minimum Gasteiger partial charge on any atom is -0.349 e. The van der Waals surface area contributed by atoms with Gasteiger partial charge in [-0.05, 0) is 67.5 Å². The van der Waals surface area contributed by atoms with E-state index in [1.807, 2.05) is 12.1 Å². The lowest BCUT2D eigenvalue weighted by atomic mass is 9.87. The number of aryl methyl sites for hydroxylation is 1. The van der Waals surface area contributed by atoms with Crippen LogP contribution in [-0.2, 0) is 21.2 Å². The molecule has 5 nitrogen and oxygen atoms in total. The van der Waals surface area contributed by atoms with Gasteiger partial charge < -0.3 is 5.32 Å². The van der Waals surface area contributed by atoms with Crippen molar-refractivity contribution in [3.63, 3.8) is 0 Å². The maximum Gasteiger partial charge on any atom is 0.243 e. The van der Waals surface area contributed by atoms with Gasteiger partial charge in [-0.3, -0.25) is 4.79 Å². The molecule has 1 atom stereocenters. The van der Waals surface area contributed by atoms with E-state index < -0.39 is 10.0 Å². The Morgan fingerprint density at radius 3 is 2.41 bits per heavy atom. The first-order chi connectivity index (χ1) is 13.9. The van der Waals surface area contributed by atoms with Crippen LogP contribution in [0.1, 0.15) is 42.9 Å². The van der Waals surface area contributed by atoms with Crippen molar-refractivity contribution in [2.75, 3.05) is 13.1 Å². The Hall–Kier alpha value is -1.89. The normalized spacial score (nSPS) is 20.8. The zero-order valence-corrected chi connectivity index (χ0v) is 17.8. The fourth-order valence-electron chi connectivity index (χ4n) is 4.31. The van der Waals surface area contributed by atoms with Crippen LogP contribution in [0.25, 0.3) is 0 Å². The molecule has 1 heterocycles. The smallest absolute Gasteiger partial charge is 0.243 e. The van der Waals surface area contributed by atoms with Crippen molar-refractivity contribution in [1.82, 2.24) is 9.62 Å². The van der Waals surface area contributed by atoms with Gasteiger partial charge in [0.15, 0.2) is 0 Å². The van der Waals surface area contributed by atoms with E-state index in [1.165, 1.54) is 27.6 Å². The number of rotatable bonds is 4. The zero-order chi connectivity index (χ0) is 20.4. The molecule has 2 aromatic rings. The monoisotopic (exact) mass is 432 g/mol. The van der Waals surface area contributed by atoms with E-state index in [2.05, 4.69) is 17.4 Å². The van der Waals surface area contributed by atoms with Crippen molar-refractivity contribution in [1.29, 1.82) is 0 Å². The number of sulfonamides is 1. The molecule has 1 amide bonds. The molecule has 4 rings (SSSR count). The number of hydrogen-bond acceptors (Lipinski definition) is 3. The topological polar surface area (TPSA) is 66.5 Å². The first kappa shape index (κ1) is 20.4. The average Bonchev–Trinajstić information content (AvgIpc) is 2.74. The summed E-state index contributed by atoms with van der Waals surface area (Å²) in [7, 11) is -3.55. The summed E-state index contributed by atoms with van der Waals surface area (Å²) < 4.78 is 27.1. The lowest BCUT2D eigenvalue weighted by Gasteiger charge is -2.32. The van der Waals surface area contributed by atoms with Gasteiger partial charge in [0, 0.05) is 24.0 Å². The van der Waals surface area contributed by atoms with Crippen LogP contribution >= 0.6 is 11.6 Å². The quantitative estimate of drug-likeness (QED) is 0.795. The molecule has 0 radical (unpaired) electrons. The molecular formula is C22H25ClN2O3S. The first-order valence-electron chi connectivity index (χ1n) is 10.1. The predicted molar refractivity (Wildman–Crippen MR) is 113 cm³/mol. The number of benzene rings is 2. The van der Waals surface area contributed by atoms with E-state index in [-0.39, 0.29) is 22.8 Å². The van der Waals surface area contributed by atoms with Crippen LogP contribution in [0.15, 0.2) is 53.4 Å². The zero-order valence-electron chi connectivity index (χ0n) is 16.2. The highest BCUT2D eigenvalue weighted by molar-refractivity contribution is 7.89. The highest BCUT2D eigenvalue weighted by Crippen LogP contribution is 2.31. The van der Waals surface area contributed by atoms with E-state index in [1.54, 1.807) is 12.1 Å². The number of hydrogen-bond donors (Lipinski definition) is 1. The molecule has 7 heteroatoms. The van der Waals surface area contributed by atoms with Gasteiger partial charge >= 0.3 is 0 Å². The fraction of sp³-hybridized carbons (Fsp3) is 0.409. The van der Waals surface area contributed by atoms with E-state index >= 15 is 0 Å². The lowest BCUT2D eigenvalue weighted by Crippen LogP contribution is -2.44. The van der Waals surface area contributed by atoms with Crippen LogP contribution in [0.4, 0.5) is 0 Å². The third-order valence-corrected chi connectivity index (χ3v) is 8.13. The summed E-state index contributed by atoms with van der Waals surface area (Å²) in [6.45, 7) is 0.703. The summed E-state index contributed by atoms with van der Waals surface area (Å²) in [6, 6.07) is 14.6. The summed E-state index contributed by atoms with van der Waals surface area (Å²) >= 11 is 5.86. The summed E-state index contributed by atoms with van der Waals surface area (Å²) in [5.74, 6) is -0.115. The minimum atomic E-state index is -3.55. The standard InChI is InChI=1S/C22H25ClN2O3S/c23-18-8-10-19(11-9-18)29(27,28)25-14-12-17(13-15-25)22(26)24-21-7-3-5-16-4-1-2-6-20(16)21/h1-2,4,6,8-11,17,21H,3,5,7,12-15H2,(H,24,26). The molecule has 1 aliphatic heterocycles. The van der Waals surface area contributed by atoms with Crippen molar-refractivity contribution in [3.8, 4) is 0 Å². The van der Waals surface area contributed by atoms with Crippen LogP contribution in [-0.4, -0.2) is 31.7 Å². The highest BCUT2D eigenvalue weighted by atomic mass is 35.5. The number of carbonyl (C=O) groups is 1. The van der Waals surface area contributed by atoms with E-state index in [9.17, 15) is 13.2 Å². The molecule has 1 unspecified atom stereocenters. The third kappa shape index (κ3) is 4.34.